The summed E-state index contributed by atoms with van der Waals surface area (Å²) in [5.74, 6) is -0.685. The van der Waals surface area contributed by atoms with Crippen LogP contribution in [-0.4, -0.2) is 35.9 Å². The summed E-state index contributed by atoms with van der Waals surface area (Å²) >= 11 is 7.45. The number of aryl methyl sites for hydroxylation is 1. The summed E-state index contributed by atoms with van der Waals surface area (Å²) in [5, 5.41) is 15.8. The molecule has 0 aliphatic heterocycles. The van der Waals surface area contributed by atoms with Crippen LogP contribution in [-0.2, 0) is 0 Å². The Hall–Kier alpha value is -2.85. The number of fused-ring (bicyclic) bond motifs is 3. The molecule has 0 atom stereocenters. The number of benzene rings is 1. The molecule has 1 amide bonds. The number of amides is 1. The van der Waals surface area contributed by atoms with Crippen molar-refractivity contribution in [2.24, 2.45) is 0 Å². The first-order valence-corrected chi connectivity index (χ1v) is 7.89. The lowest BCUT2D eigenvalue weighted by atomic mass is 10.2. The largest absolute Gasteiger partial charge is 0.288 e. The van der Waals surface area contributed by atoms with E-state index in [9.17, 15) is 9.59 Å². The number of nitrogens with one attached hydrogen (secondary N) is 2. The zero-order chi connectivity index (χ0) is 16.8. The van der Waals surface area contributed by atoms with Crippen molar-refractivity contribution < 1.29 is 4.79 Å². The van der Waals surface area contributed by atoms with Crippen molar-refractivity contribution >= 4 is 50.0 Å². The van der Waals surface area contributed by atoms with E-state index >= 15 is 0 Å². The van der Waals surface area contributed by atoms with Crippen molar-refractivity contribution in [2.45, 2.75) is 6.92 Å². The Balaban J connectivity index is 1.91. The van der Waals surface area contributed by atoms with E-state index in [0.29, 0.717) is 15.5 Å². The van der Waals surface area contributed by atoms with E-state index in [0.717, 1.165) is 10.3 Å². The van der Waals surface area contributed by atoms with Gasteiger partial charge in [-0.15, -0.1) is 5.10 Å². The van der Waals surface area contributed by atoms with Gasteiger partial charge in [0.05, 0.1) is 10.2 Å². The van der Waals surface area contributed by atoms with Gasteiger partial charge in [-0.05, 0) is 29.8 Å². The molecule has 3 aromatic heterocycles. The van der Waals surface area contributed by atoms with Gasteiger partial charge in [0.15, 0.2) is 4.96 Å². The van der Waals surface area contributed by atoms with Crippen LogP contribution >= 0.6 is 22.9 Å². The Morgan fingerprint density at radius 2 is 2.25 bits per heavy atom. The van der Waals surface area contributed by atoms with E-state index in [2.05, 4.69) is 30.9 Å². The standard InChI is InChI=1S/C13H8ClN7O2S/c1-5-2-8-9(3-7(5)14)24-13-15-4-6(11(23)21(8)13)10(22)16-12-17-19-20-18-12/h2-4H,1H3,(H2,16,17,18,19,20,22). The third kappa shape index (κ3) is 2.23. The predicted octanol–water partition coefficient (Wildman–Crippen LogP) is 1.64. The molecule has 0 bridgehead atoms. The molecule has 24 heavy (non-hydrogen) atoms. The van der Waals surface area contributed by atoms with Gasteiger partial charge in [-0.1, -0.05) is 28.0 Å². The number of tetrazole rings is 1. The van der Waals surface area contributed by atoms with Gasteiger partial charge in [0.2, 0.25) is 0 Å². The monoisotopic (exact) mass is 361 g/mol. The summed E-state index contributed by atoms with van der Waals surface area (Å²) < 4.78 is 2.21. The van der Waals surface area contributed by atoms with Crippen molar-refractivity contribution in [3.05, 3.63) is 44.8 Å². The van der Waals surface area contributed by atoms with Crippen molar-refractivity contribution in [1.29, 1.82) is 0 Å². The van der Waals surface area contributed by atoms with E-state index in [1.165, 1.54) is 21.9 Å². The number of aromatic nitrogens is 6. The number of anilines is 1. The highest BCUT2D eigenvalue weighted by Gasteiger charge is 2.18. The highest BCUT2D eigenvalue weighted by Crippen LogP contribution is 2.29. The fraction of sp³-hybridized carbons (Fsp3) is 0.0769. The average molecular weight is 362 g/mol. The second kappa shape index (κ2) is 5.35. The zero-order valence-corrected chi connectivity index (χ0v) is 13.6. The maximum Gasteiger partial charge on any atom is 0.271 e. The normalized spacial score (nSPS) is 11.2. The summed E-state index contributed by atoms with van der Waals surface area (Å²) in [6.07, 6.45) is 1.23. The molecule has 0 fully saturated rings. The highest BCUT2D eigenvalue weighted by molar-refractivity contribution is 7.23. The topological polar surface area (TPSA) is 118 Å². The number of carbonyl (C=O) groups is 1. The van der Waals surface area contributed by atoms with E-state index in [1.54, 1.807) is 12.1 Å². The fourth-order valence-corrected chi connectivity index (χ4v) is 3.50. The number of carbonyl (C=O) groups excluding carboxylic acids is 1. The lowest BCUT2D eigenvalue weighted by Gasteiger charge is -2.02. The number of thiazole rings is 1. The van der Waals surface area contributed by atoms with Crippen LogP contribution in [0.4, 0.5) is 5.95 Å². The summed E-state index contributed by atoms with van der Waals surface area (Å²) in [4.78, 5) is 29.7. The van der Waals surface area contributed by atoms with Gasteiger partial charge in [-0.25, -0.2) is 4.98 Å². The first-order chi connectivity index (χ1) is 11.5. The zero-order valence-electron chi connectivity index (χ0n) is 12.1. The minimum atomic E-state index is -0.659. The van der Waals surface area contributed by atoms with Crippen molar-refractivity contribution in [2.75, 3.05) is 5.32 Å². The second-order valence-corrected chi connectivity index (χ2v) is 6.37. The molecule has 9 nitrogen and oxygen atoms in total. The Morgan fingerprint density at radius 1 is 1.42 bits per heavy atom. The van der Waals surface area contributed by atoms with Crippen LogP contribution in [0.2, 0.25) is 5.02 Å². The molecule has 0 radical (unpaired) electrons. The van der Waals surface area contributed by atoms with E-state index in [1.807, 2.05) is 6.92 Å². The molecule has 4 rings (SSSR count). The number of hydrogen-bond acceptors (Lipinski definition) is 7. The molecule has 120 valence electrons. The van der Waals surface area contributed by atoms with Crippen molar-refractivity contribution in [1.82, 2.24) is 30.0 Å². The summed E-state index contributed by atoms with van der Waals surface area (Å²) in [6, 6.07) is 3.58. The van der Waals surface area contributed by atoms with Gasteiger partial charge < -0.3 is 0 Å². The maximum atomic E-state index is 12.7. The van der Waals surface area contributed by atoms with Crippen LogP contribution in [0.25, 0.3) is 15.2 Å². The Morgan fingerprint density at radius 3 is 3.00 bits per heavy atom. The third-order valence-corrected chi connectivity index (χ3v) is 4.85. The number of nitrogens with zero attached hydrogens (tertiary/aromatic N) is 5. The second-order valence-electron chi connectivity index (χ2n) is 4.96. The SMILES string of the molecule is Cc1cc2c(cc1Cl)sc1ncc(C(=O)Nc3nn[nH]n3)c(=O)n12. The number of hydrogen-bond donors (Lipinski definition) is 2. The lowest BCUT2D eigenvalue weighted by Crippen LogP contribution is -2.26. The molecule has 0 unspecified atom stereocenters. The molecule has 0 aliphatic rings. The van der Waals surface area contributed by atoms with Gasteiger partial charge in [0, 0.05) is 11.2 Å². The first-order valence-electron chi connectivity index (χ1n) is 6.70. The minimum Gasteiger partial charge on any atom is -0.288 e. The summed E-state index contributed by atoms with van der Waals surface area (Å²) in [5.41, 5.74) is 0.889. The van der Waals surface area contributed by atoms with Gasteiger partial charge in [-0.2, -0.15) is 5.21 Å². The minimum absolute atomic E-state index is 0.0256. The molecule has 4 aromatic rings. The number of aromatic amines is 1. The number of halogens is 1. The molecule has 2 N–H and O–H groups in total. The molecular weight excluding hydrogens is 354 g/mol. The quantitative estimate of drug-likeness (QED) is 0.560. The van der Waals surface area contributed by atoms with Crippen molar-refractivity contribution in [3.63, 3.8) is 0 Å². The van der Waals surface area contributed by atoms with Gasteiger partial charge >= 0.3 is 0 Å². The van der Waals surface area contributed by atoms with Crippen LogP contribution in [0.15, 0.2) is 23.1 Å². The molecule has 0 spiro atoms. The highest BCUT2D eigenvalue weighted by atomic mass is 35.5. The van der Waals surface area contributed by atoms with Crippen LogP contribution in [0.1, 0.15) is 15.9 Å². The summed E-state index contributed by atoms with van der Waals surface area (Å²) in [7, 11) is 0. The molecule has 1 aromatic carbocycles. The van der Waals surface area contributed by atoms with Crippen molar-refractivity contribution in [3.8, 4) is 0 Å². The van der Waals surface area contributed by atoms with Crippen LogP contribution in [0.3, 0.4) is 0 Å². The van der Waals surface area contributed by atoms with E-state index in [-0.39, 0.29) is 11.5 Å². The number of rotatable bonds is 2. The van der Waals surface area contributed by atoms with Gasteiger partial charge in [0.1, 0.15) is 5.56 Å². The van der Waals surface area contributed by atoms with Crippen LogP contribution < -0.4 is 10.9 Å². The molecule has 3 heterocycles. The molecule has 11 heteroatoms. The smallest absolute Gasteiger partial charge is 0.271 e. The molecule has 0 aliphatic carbocycles. The fourth-order valence-electron chi connectivity index (χ4n) is 2.27. The van der Waals surface area contributed by atoms with Gasteiger partial charge in [-0.3, -0.25) is 19.3 Å². The van der Waals surface area contributed by atoms with Gasteiger partial charge in [0.25, 0.3) is 17.4 Å². The Kier molecular flexibility index (Phi) is 3.28. The van der Waals surface area contributed by atoms with E-state index in [4.69, 9.17) is 11.6 Å². The van der Waals surface area contributed by atoms with E-state index < -0.39 is 11.5 Å². The average Bonchev–Trinajstić information content (AvgIpc) is 3.16. The first kappa shape index (κ1) is 14.7. The molecular formula is C13H8ClN7O2S. The van der Waals surface area contributed by atoms with Crippen LogP contribution in [0.5, 0.6) is 0 Å². The molecule has 0 saturated heterocycles. The molecule has 0 saturated carbocycles. The lowest BCUT2D eigenvalue weighted by molar-refractivity contribution is 0.102. The summed E-state index contributed by atoms with van der Waals surface area (Å²) in [6.45, 7) is 1.84. The third-order valence-electron chi connectivity index (χ3n) is 3.43. The predicted molar refractivity (Wildman–Crippen MR) is 88.7 cm³/mol. The number of H-pyrrole nitrogens is 1. The Bertz CT molecular complexity index is 1150. The maximum absolute atomic E-state index is 12.7. The Labute approximate surface area is 142 Å². The van der Waals surface area contributed by atoms with Crippen LogP contribution in [0, 0.1) is 6.92 Å².